The van der Waals surface area contributed by atoms with Crippen LogP contribution in [-0.4, -0.2) is 47.3 Å². The van der Waals surface area contributed by atoms with Crippen molar-refractivity contribution in [3.05, 3.63) is 29.3 Å². The molecule has 1 saturated heterocycles. The Morgan fingerprint density at radius 3 is 2.65 bits per heavy atom. The van der Waals surface area contributed by atoms with Gasteiger partial charge >= 0.3 is 5.97 Å². The molecule has 0 atom stereocenters. The Morgan fingerprint density at radius 1 is 1.35 bits per heavy atom. The predicted octanol–water partition coefficient (Wildman–Crippen LogP) is 0.496. The van der Waals surface area contributed by atoms with Gasteiger partial charge in [0, 0.05) is 38.3 Å². The molecule has 17 heavy (non-hydrogen) atoms. The third-order valence-electron chi connectivity index (χ3n) is 2.94. The van der Waals surface area contributed by atoms with Crippen molar-refractivity contribution in [2.75, 3.05) is 26.2 Å². The number of benzene rings is 1. The van der Waals surface area contributed by atoms with E-state index >= 15 is 0 Å². The van der Waals surface area contributed by atoms with Gasteiger partial charge in [0.05, 0.1) is 5.56 Å². The minimum absolute atomic E-state index is 0.0587. The summed E-state index contributed by atoms with van der Waals surface area (Å²) < 4.78 is 0. The van der Waals surface area contributed by atoms with Gasteiger partial charge in [-0.3, -0.25) is 4.90 Å². The Bertz CT molecular complexity index is 414. The number of phenolic OH excluding ortho intramolecular Hbond substituents is 1. The van der Waals surface area contributed by atoms with Crippen molar-refractivity contribution in [3.63, 3.8) is 0 Å². The lowest BCUT2D eigenvalue weighted by atomic mass is 10.1. The molecule has 1 aromatic rings. The highest BCUT2D eigenvalue weighted by atomic mass is 16.4. The predicted molar refractivity (Wildman–Crippen MR) is 63.2 cm³/mol. The molecule has 1 fully saturated rings. The van der Waals surface area contributed by atoms with Crippen molar-refractivity contribution in [2.24, 2.45) is 0 Å². The number of hydrogen-bond donors (Lipinski definition) is 3. The topological polar surface area (TPSA) is 72.8 Å². The SMILES string of the molecule is O=C(O)c1ccc(CN2CCNCC2)c(O)c1. The average molecular weight is 236 g/mol. The van der Waals surface area contributed by atoms with Crippen LogP contribution < -0.4 is 5.32 Å². The van der Waals surface area contributed by atoms with E-state index in [0.717, 1.165) is 31.7 Å². The Morgan fingerprint density at radius 2 is 2.06 bits per heavy atom. The Hall–Kier alpha value is -1.59. The van der Waals surface area contributed by atoms with Crippen molar-refractivity contribution in [2.45, 2.75) is 6.54 Å². The van der Waals surface area contributed by atoms with Gasteiger partial charge in [0.1, 0.15) is 5.75 Å². The number of hydrogen-bond acceptors (Lipinski definition) is 4. The maximum atomic E-state index is 10.7. The Kier molecular flexibility index (Phi) is 3.61. The quantitative estimate of drug-likeness (QED) is 0.712. The van der Waals surface area contributed by atoms with Crippen molar-refractivity contribution < 1.29 is 15.0 Å². The molecule has 0 spiro atoms. The normalized spacial score (nSPS) is 16.9. The summed E-state index contributed by atoms with van der Waals surface area (Å²) in [6.07, 6.45) is 0. The summed E-state index contributed by atoms with van der Waals surface area (Å²) in [5.41, 5.74) is 0.892. The lowest BCUT2D eigenvalue weighted by Crippen LogP contribution is -2.42. The molecule has 0 unspecified atom stereocenters. The molecule has 0 radical (unpaired) electrons. The smallest absolute Gasteiger partial charge is 0.335 e. The zero-order chi connectivity index (χ0) is 12.3. The second-order valence-electron chi connectivity index (χ2n) is 4.17. The van der Waals surface area contributed by atoms with Crippen molar-refractivity contribution >= 4 is 5.97 Å². The summed E-state index contributed by atoms with van der Waals surface area (Å²) in [6.45, 7) is 4.45. The number of aromatic carboxylic acids is 1. The molecule has 5 heteroatoms. The van der Waals surface area contributed by atoms with E-state index in [4.69, 9.17) is 5.11 Å². The number of carbonyl (C=O) groups is 1. The fourth-order valence-electron chi connectivity index (χ4n) is 1.94. The van der Waals surface area contributed by atoms with Gasteiger partial charge in [-0.2, -0.15) is 0 Å². The molecule has 0 amide bonds. The number of carboxylic acids is 1. The molecule has 1 aliphatic rings. The van der Waals surface area contributed by atoms with Gasteiger partial charge in [-0.25, -0.2) is 4.79 Å². The van der Waals surface area contributed by atoms with Crippen LogP contribution in [0.4, 0.5) is 0 Å². The summed E-state index contributed by atoms with van der Waals surface area (Å²) in [6, 6.07) is 4.51. The van der Waals surface area contributed by atoms with Crippen molar-refractivity contribution in [3.8, 4) is 5.75 Å². The third kappa shape index (κ3) is 2.95. The number of phenols is 1. The van der Waals surface area contributed by atoms with E-state index < -0.39 is 5.97 Å². The number of nitrogens with one attached hydrogen (secondary N) is 1. The first kappa shape index (κ1) is 11.9. The second-order valence-corrected chi connectivity index (χ2v) is 4.17. The monoisotopic (exact) mass is 236 g/mol. The van der Waals surface area contributed by atoms with Gasteiger partial charge < -0.3 is 15.5 Å². The van der Waals surface area contributed by atoms with Crippen LogP contribution in [0, 0.1) is 0 Å². The van der Waals surface area contributed by atoms with Crippen LogP contribution in [-0.2, 0) is 6.54 Å². The fraction of sp³-hybridized carbons (Fsp3) is 0.417. The molecule has 1 aliphatic heterocycles. The maximum Gasteiger partial charge on any atom is 0.335 e. The van der Waals surface area contributed by atoms with Crippen LogP contribution in [0.2, 0.25) is 0 Å². The van der Waals surface area contributed by atoms with Crippen LogP contribution in [0.15, 0.2) is 18.2 Å². The van der Waals surface area contributed by atoms with Gasteiger partial charge in [0.2, 0.25) is 0 Å². The van der Waals surface area contributed by atoms with Gasteiger partial charge in [-0.15, -0.1) is 0 Å². The molecule has 0 saturated carbocycles. The number of rotatable bonds is 3. The van der Waals surface area contributed by atoms with Gasteiger partial charge in [0.25, 0.3) is 0 Å². The van der Waals surface area contributed by atoms with E-state index in [1.807, 2.05) is 0 Å². The summed E-state index contributed by atoms with van der Waals surface area (Å²) >= 11 is 0. The molecule has 1 heterocycles. The van der Waals surface area contributed by atoms with E-state index in [0.29, 0.717) is 6.54 Å². The lowest BCUT2D eigenvalue weighted by molar-refractivity contribution is 0.0696. The first-order valence-electron chi connectivity index (χ1n) is 5.65. The van der Waals surface area contributed by atoms with E-state index in [2.05, 4.69) is 10.2 Å². The van der Waals surface area contributed by atoms with Crippen LogP contribution >= 0.6 is 0 Å². The van der Waals surface area contributed by atoms with Crippen LogP contribution in [0.25, 0.3) is 0 Å². The lowest BCUT2D eigenvalue weighted by Gasteiger charge is -2.27. The van der Waals surface area contributed by atoms with Gasteiger partial charge in [-0.1, -0.05) is 6.07 Å². The van der Waals surface area contributed by atoms with E-state index in [-0.39, 0.29) is 11.3 Å². The second kappa shape index (κ2) is 5.16. The standard InChI is InChI=1S/C12H16N2O3/c15-11-7-9(12(16)17)1-2-10(11)8-14-5-3-13-4-6-14/h1-2,7,13,15H,3-6,8H2,(H,16,17). The maximum absolute atomic E-state index is 10.7. The molecular weight excluding hydrogens is 220 g/mol. The molecule has 0 aromatic heterocycles. The molecule has 0 aliphatic carbocycles. The number of nitrogens with zero attached hydrogens (tertiary/aromatic N) is 1. The molecule has 0 bridgehead atoms. The molecule has 5 nitrogen and oxygen atoms in total. The van der Waals surface area contributed by atoms with E-state index in [9.17, 15) is 9.90 Å². The molecule has 92 valence electrons. The van der Waals surface area contributed by atoms with Crippen molar-refractivity contribution in [1.29, 1.82) is 0 Å². The molecular formula is C12H16N2O3. The zero-order valence-corrected chi connectivity index (χ0v) is 9.52. The third-order valence-corrected chi connectivity index (χ3v) is 2.94. The van der Waals surface area contributed by atoms with E-state index in [1.54, 1.807) is 6.07 Å². The highest BCUT2D eigenvalue weighted by Gasteiger charge is 2.13. The summed E-state index contributed by atoms with van der Waals surface area (Å²) in [5, 5.41) is 21.8. The summed E-state index contributed by atoms with van der Waals surface area (Å²) in [7, 11) is 0. The summed E-state index contributed by atoms with van der Waals surface area (Å²) in [4.78, 5) is 13.0. The molecule has 2 rings (SSSR count). The minimum Gasteiger partial charge on any atom is -0.508 e. The first-order chi connectivity index (χ1) is 8.16. The highest BCUT2D eigenvalue weighted by Crippen LogP contribution is 2.20. The Labute approximate surface area is 99.7 Å². The van der Waals surface area contributed by atoms with Gasteiger partial charge in [-0.05, 0) is 12.1 Å². The fourth-order valence-corrected chi connectivity index (χ4v) is 1.94. The molecule has 1 aromatic carbocycles. The van der Waals surface area contributed by atoms with Gasteiger partial charge in [0.15, 0.2) is 0 Å². The molecule has 3 N–H and O–H groups in total. The average Bonchev–Trinajstić information content (AvgIpc) is 2.33. The first-order valence-corrected chi connectivity index (χ1v) is 5.65. The largest absolute Gasteiger partial charge is 0.508 e. The summed E-state index contributed by atoms with van der Waals surface area (Å²) in [5.74, 6) is -0.961. The number of carboxylic acid groups (broad SMARTS) is 1. The Balaban J connectivity index is 2.08. The highest BCUT2D eigenvalue weighted by molar-refractivity contribution is 5.88. The zero-order valence-electron chi connectivity index (χ0n) is 9.52. The minimum atomic E-state index is -1.02. The van der Waals surface area contributed by atoms with Crippen LogP contribution in [0.1, 0.15) is 15.9 Å². The van der Waals surface area contributed by atoms with Crippen molar-refractivity contribution in [1.82, 2.24) is 10.2 Å². The van der Waals surface area contributed by atoms with E-state index in [1.165, 1.54) is 12.1 Å². The number of piperazine rings is 1. The van der Waals surface area contributed by atoms with Crippen LogP contribution in [0.3, 0.4) is 0 Å². The van der Waals surface area contributed by atoms with Crippen LogP contribution in [0.5, 0.6) is 5.75 Å². The number of aromatic hydroxyl groups is 1.